The fraction of sp³-hybridized carbons (Fsp3) is 1.00. The summed E-state index contributed by atoms with van der Waals surface area (Å²) in [4.78, 5) is 0. The minimum absolute atomic E-state index is 1.05. The quantitative estimate of drug-likeness (QED) is 0.563. The Kier molecular flexibility index (Phi) is 3.24. The molecule has 1 aliphatic rings. The zero-order valence-corrected chi connectivity index (χ0v) is 11.8. The van der Waals surface area contributed by atoms with Crippen molar-refractivity contribution in [3.05, 3.63) is 0 Å². The third-order valence-corrected chi connectivity index (χ3v) is 15.8. The van der Waals surface area contributed by atoms with Crippen LogP contribution in [0.25, 0.3) is 0 Å². The minimum atomic E-state index is -1.53. The number of hydrogen-bond acceptors (Lipinski definition) is 2. The third-order valence-electron chi connectivity index (χ3n) is 1.10. The van der Waals surface area contributed by atoms with E-state index < -0.39 is 19.7 Å². The molecule has 0 aliphatic carbocycles. The molecule has 0 radical (unpaired) electrons. The van der Waals surface area contributed by atoms with E-state index in [-0.39, 0.29) is 0 Å². The van der Waals surface area contributed by atoms with E-state index in [1.54, 1.807) is 0 Å². The Balaban J connectivity index is 2.03. The molecule has 54 valence electrons. The summed E-state index contributed by atoms with van der Waals surface area (Å²) < 4.78 is 7.51. The molecule has 1 aliphatic heterocycles. The molecule has 0 spiro atoms. The maximum atomic E-state index is 2.50. The fourth-order valence-corrected chi connectivity index (χ4v) is 11.9. The molecule has 0 nitrogen and oxygen atoms in total. The van der Waals surface area contributed by atoms with Crippen molar-refractivity contribution in [2.75, 3.05) is 11.5 Å². The molecule has 0 aromatic carbocycles. The van der Waals surface area contributed by atoms with Gasteiger partial charge in [-0.1, -0.05) is 0 Å². The molecule has 0 bridgehead atoms. The second-order valence-corrected chi connectivity index (χ2v) is 35.9. The molecule has 1 saturated heterocycles. The van der Waals surface area contributed by atoms with E-state index in [0.29, 0.717) is 0 Å². The van der Waals surface area contributed by atoms with E-state index in [1.165, 1.54) is 11.5 Å². The van der Waals surface area contributed by atoms with Crippen LogP contribution < -0.4 is 0 Å². The van der Waals surface area contributed by atoms with Crippen molar-refractivity contribution >= 4 is 39.7 Å². The van der Waals surface area contributed by atoms with Gasteiger partial charge >= 0.3 is 69.9 Å². The van der Waals surface area contributed by atoms with Crippen molar-refractivity contribution in [2.45, 2.75) is 18.7 Å². The number of thioether (sulfide) groups is 1. The van der Waals surface area contributed by atoms with Gasteiger partial charge in [0.2, 0.25) is 0 Å². The van der Waals surface area contributed by atoms with Gasteiger partial charge < -0.3 is 0 Å². The van der Waals surface area contributed by atoms with Crippen LogP contribution in [0.1, 0.15) is 0 Å². The maximum absolute atomic E-state index is 2.50. The number of rotatable bonds is 3. The van der Waals surface area contributed by atoms with Crippen molar-refractivity contribution in [3.63, 3.8) is 0 Å². The third kappa shape index (κ3) is 4.95. The van der Waals surface area contributed by atoms with E-state index >= 15 is 0 Å². The van der Waals surface area contributed by atoms with Gasteiger partial charge in [0.25, 0.3) is 0 Å². The number of hydrogen-bond donors (Lipinski definition) is 0. The van der Waals surface area contributed by atoms with Crippen LogP contribution in [0.2, 0.25) is 13.4 Å². The van der Waals surface area contributed by atoms with Crippen molar-refractivity contribution in [1.29, 1.82) is 0 Å². The first kappa shape index (κ1) is 8.72. The first-order chi connectivity index (χ1) is 4.08. The Morgan fingerprint density at radius 1 is 1.56 bits per heavy atom. The summed E-state index contributed by atoms with van der Waals surface area (Å²) in [7, 11) is 2.31. The standard InChI is InChI=1S/C3H6S2.3CH3.Pb/c4-1-3-2-5-3;;;;/h3-4H,1-2H2;3*1H3;/q;;;;+1/p-1. The summed E-state index contributed by atoms with van der Waals surface area (Å²) in [6.07, 6.45) is 0. The van der Waals surface area contributed by atoms with Crippen LogP contribution in [0.4, 0.5) is 0 Å². The Bertz CT molecular complexity index is 93.7. The van der Waals surface area contributed by atoms with Crippen LogP contribution in [-0.4, -0.2) is 36.4 Å². The van der Waals surface area contributed by atoms with Gasteiger partial charge in [0.1, 0.15) is 0 Å². The van der Waals surface area contributed by atoms with Gasteiger partial charge in [0.15, 0.2) is 0 Å². The van der Waals surface area contributed by atoms with Crippen LogP contribution >= 0.6 is 20.1 Å². The SMILES string of the molecule is [CH3][Pb]([CH3])([CH3])[S]CC1CS1. The Hall–Kier alpha value is 1.62. The van der Waals surface area contributed by atoms with Crippen LogP contribution in [0.15, 0.2) is 0 Å². The van der Waals surface area contributed by atoms with Gasteiger partial charge in [-0.3, -0.25) is 0 Å². The zero-order valence-electron chi connectivity index (χ0n) is 6.31. The van der Waals surface area contributed by atoms with E-state index in [4.69, 9.17) is 0 Å². The molecule has 3 heteroatoms. The van der Waals surface area contributed by atoms with Crippen LogP contribution in [0.3, 0.4) is 0 Å². The molecule has 9 heavy (non-hydrogen) atoms. The van der Waals surface area contributed by atoms with Gasteiger partial charge in [-0.15, -0.1) is 0 Å². The summed E-state index contributed by atoms with van der Waals surface area (Å²) in [6.45, 7) is 0. The second kappa shape index (κ2) is 3.35. The van der Waals surface area contributed by atoms with E-state index in [1.807, 2.05) is 0 Å². The summed E-state index contributed by atoms with van der Waals surface area (Å²) in [5, 5.41) is 1.05. The van der Waals surface area contributed by atoms with E-state index in [0.717, 1.165) is 5.25 Å². The molecule has 1 unspecified atom stereocenters. The van der Waals surface area contributed by atoms with Gasteiger partial charge in [0, 0.05) is 0 Å². The van der Waals surface area contributed by atoms with Crippen molar-refractivity contribution < 1.29 is 0 Å². The zero-order chi connectivity index (χ0) is 6.91. The molecule has 0 aromatic heterocycles. The molecule has 0 N–H and O–H groups in total. The van der Waals surface area contributed by atoms with Gasteiger partial charge in [-0.2, -0.15) is 0 Å². The van der Waals surface area contributed by atoms with Crippen molar-refractivity contribution in [3.8, 4) is 0 Å². The van der Waals surface area contributed by atoms with Crippen LogP contribution in [0.5, 0.6) is 0 Å². The molecule has 1 fully saturated rings. The van der Waals surface area contributed by atoms with Crippen LogP contribution in [-0.2, 0) is 0 Å². The average molecular weight is 358 g/mol. The Morgan fingerprint density at radius 2 is 2.11 bits per heavy atom. The summed E-state index contributed by atoms with van der Waals surface area (Å²) >= 11 is 0.596. The predicted molar refractivity (Wildman–Crippen MR) is 52.1 cm³/mol. The summed E-state index contributed by atoms with van der Waals surface area (Å²) in [5.41, 5.74) is 0. The molecule has 1 atom stereocenters. The topological polar surface area (TPSA) is 0 Å². The first-order valence-electron chi connectivity index (χ1n) is 3.33. The second-order valence-electron chi connectivity index (χ2n) is 3.38. The fourth-order valence-electron chi connectivity index (χ4n) is 0.507. The molecular formula is C6H14PbS2. The molecular weight excluding hydrogens is 343 g/mol. The average Bonchev–Trinajstić information content (AvgIpc) is 2.38. The molecule has 0 amide bonds. The van der Waals surface area contributed by atoms with Gasteiger partial charge in [-0.25, -0.2) is 0 Å². The molecule has 1 heterocycles. The summed E-state index contributed by atoms with van der Waals surface area (Å²) in [6, 6.07) is 0. The molecule has 1 rings (SSSR count). The van der Waals surface area contributed by atoms with Gasteiger partial charge in [-0.05, 0) is 0 Å². The monoisotopic (exact) mass is 358 g/mol. The Morgan fingerprint density at radius 3 is 2.44 bits per heavy atom. The van der Waals surface area contributed by atoms with Crippen molar-refractivity contribution in [2.24, 2.45) is 0 Å². The molecule has 0 saturated carbocycles. The normalized spacial score (nSPS) is 26.3. The first-order valence-corrected chi connectivity index (χ1v) is 21.8. The van der Waals surface area contributed by atoms with Gasteiger partial charge in [0.05, 0.1) is 0 Å². The van der Waals surface area contributed by atoms with Crippen molar-refractivity contribution in [1.82, 2.24) is 0 Å². The van der Waals surface area contributed by atoms with Crippen LogP contribution in [0, 0.1) is 0 Å². The van der Waals surface area contributed by atoms with E-state index in [9.17, 15) is 0 Å². The molecule has 0 aromatic rings. The summed E-state index contributed by atoms with van der Waals surface area (Å²) in [5.74, 6) is 2.90. The predicted octanol–water partition coefficient (Wildman–Crippen LogP) is 2.67. The Labute approximate surface area is 69.4 Å². The van der Waals surface area contributed by atoms with E-state index in [2.05, 4.69) is 33.5 Å².